The second-order valence-electron chi connectivity index (χ2n) is 7.09. The van der Waals surface area contributed by atoms with Crippen LogP contribution in [0.1, 0.15) is 37.3 Å². The number of likely N-dealkylation sites (tertiary alicyclic amines) is 1. The smallest absolute Gasteiger partial charge is 0.261 e. The van der Waals surface area contributed by atoms with Crippen molar-refractivity contribution in [3.63, 3.8) is 0 Å². The van der Waals surface area contributed by atoms with Gasteiger partial charge in [-0.05, 0) is 68.2 Å². The fraction of sp³-hybridized carbons (Fsp3) is 0.409. The van der Waals surface area contributed by atoms with Gasteiger partial charge in [-0.1, -0.05) is 42.3 Å². The molecular formula is C22H27ClN2O2. The Labute approximate surface area is 166 Å². The van der Waals surface area contributed by atoms with Crippen LogP contribution in [0.4, 0.5) is 0 Å². The highest BCUT2D eigenvalue weighted by Crippen LogP contribution is 2.17. The molecule has 2 aromatic rings. The number of amides is 1. The Morgan fingerprint density at radius 3 is 2.33 bits per heavy atom. The van der Waals surface area contributed by atoms with E-state index in [1.807, 2.05) is 0 Å². The molecule has 2 aromatic carbocycles. The highest BCUT2D eigenvalue weighted by atomic mass is 35.5. The van der Waals surface area contributed by atoms with Gasteiger partial charge in [0.1, 0.15) is 5.75 Å². The van der Waals surface area contributed by atoms with Crippen molar-refractivity contribution in [3.05, 3.63) is 64.7 Å². The van der Waals surface area contributed by atoms with E-state index in [9.17, 15) is 4.79 Å². The number of ether oxygens (including phenoxy) is 1. The molecule has 0 spiro atoms. The number of nitrogens with zero attached hydrogens (tertiary/aromatic N) is 1. The van der Waals surface area contributed by atoms with Crippen LogP contribution in [0.3, 0.4) is 0 Å². The van der Waals surface area contributed by atoms with Crippen molar-refractivity contribution in [3.8, 4) is 5.75 Å². The lowest BCUT2D eigenvalue weighted by Crippen LogP contribution is -2.35. The molecular weight excluding hydrogens is 360 g/mol. The van der Waals surface area contributed by atoms with Crippen LogP contribution in [0.15, 0.2) is 48.5 Å². The van der Waals surface area contributed by atoms with Gasteiger partial charge in [0.2, 0.25) is 0 Å². The maximum Gasteiger partial charge on any atom is 0.261 e. The van der Waals surface area contributed by atoms with Gasteiger partial charge in [-0.15, -0.1) is 0 Å². The molecule has 1 N–H and O–H groups in total. The lowest BCUT2D eigenvalue weighted by molar-refractivity contribution is -0.127. The van der Waals surface area contributed by atoms with Crippen LogP contribution in [0.25, 0.3) is 0 Å². The third kappa shape index (κ3) is 6.26. The largest absolute Gasteiger partial charge is 0.481 e. The van der Waals surface area contributed by atoms with Crippen molar-refractivity contribution in [2.24, 2.45) is 0 Å². The molecule has 1 heterocycles. The summed E-state index contributed by atoms with van der Waals surface area (Å²) in [6.45, 7) is 5.65. The van der Waals surface area contributed by atoms with Crippen molar-refractivity contribution in [1.82, 2.24) is 10.2 Å². The minimum absolute atomic E-state index is 0.137. The zero-order valence-electron chi connectivity index (χ0n) is 15.8. The summed E-state index contributed by atoms with van der Waals surface area (Å²) >= 11 is 5.86. The molecule has 3 rings (SSSR count). The van der Waals surface area contributed by atoms with E-state index in [0.717, 1.165) is 12.1 Å². The van der Waals surface area contributed by atoms with Crippen LogP contribution in [0.5, 0.6) is 5.75 Å². The number of piperidine rings is 1. The summed E-state index contributed by atoms with van der Waals surface area (Å²) in [6.07, 6.45) is 3.40. The van der Waals surface area contributed by atoms with Gasteiger partial charge in [-0.3, -0.25) is 9.69 Å². The number of benzene rings is 2. The summed E-state index contributed by atoms with van der Waals surface area (Å²) in [4.78, 5) is 14.8. The first-order chi connectivity index (χ1) is 13.1. The molecule has 1 amide bonds. The fourth-order valence-corrected chi connectivity index (χ4v) is 3.37. The lowest BCUT2D eigenvalue weighted by atomic mass is 10.1. The van der Waals surface area contributed by atoms with E-state index >= 15 is 0 Å². The molecule has 0 bridgehead atoms. The molecule has 4 nitrogen and oxygen atoms in total. The quantitative estimate of drug-likeness (QED) is 0.766. The summed E-state index contributed by atoms with van der Waals surface area (Å²) in [6, 6.07) is 15.5. The van der Waals surface area contributed by atoms with Crippen molar-refractivity contribution in [2.45, 2.75) is 45.4 Å². The molecule has 0 saturated carbocycles. The maximum absolute atomic E-state index is 12.2. The lowest BCUT2D eigenvalue weighted by Gasteiger charge is -2.26. The van der Waals surface area contributed by atoms with Gasteiger partial charge in [0.15, 0.2) is 6.10 Å². The van der Waals surface area contributed by atoms with Gasteiger partial charge >= 0.3 is 0 Å². The summed E-state index contributed by atoms with van der Waals surface area (Å²) in [5, 5.41) is 3.57. The molecule has 1 fully saturated rings. The summed E-state index contributed by atoms with van der Waals surface area (Å²) in [7, 11) is 0. The first kappa shape index (κ1) is 19.7. The van der Waals surface area contributed by atoms with Crippen molar-refractivity contribution >= 4 is 17.5 Å². The van der Waals surface area contributed by atoms with E-state index in [-0.39, 0.29) is 5.91 Å². The third-order valence-corrected chi connectivity index (χ3v) is 5.09. The van der Waals surface area contributed by atoms with Gasteiger partial charge in [-0.25, -0.2) is 0 Å². The zero-order chi connectivity index (χ0) is 19.1. The molecule has 27 heavy (non-hydrogen) atoms. The monoisotopic (exact) mass is 386 g/mol. The fourth-order valence-electron chi connectivity index (χ4n) is 3.24. The van der Waals surface area contributed by atoms with E-state index in [4.69, 9.17) is 16.3 Å². The number of carbonyl (C=O) groups is 1. The van der Waals surface area contributed by atoms with Crippen LogP contribution in [0, 0.1) is 0 Å². The highest BCUT2D eigenvalue weighted by Gasteiger charge is 2.14. The number of rotatable bonds is 7. The predicted molar refractivity (Wildman–Crippen MR) is 109 cm³/mol. The molecule has 5 heteroatoms. The minimum Gasteiger partial charge on any atom is -0.481 e. The average Bonchev–Trinajstić information content (AvgIpc) is 2.69. The maximum atomic E-state index is 12.2. The molecule has 1 atom stereocenters. The number of hydrogen-bond donors (Lipinski definition) is 1. The van der Waals surface area contributed by atoms with Crippen LogP contribution >= 0.6 is 11.6 Å². The highest BCUT2D eigenvalue weighted by molar-refractivity contribution is 6.30. The average molecular weight is 387 g/mol. The van der Waals surface area contributed by atoms with Crippen LogP contribution in [0.2, 0.25) is 5.02 Å². The predicted octanol–water partition coefficient (Wildman–Crippen LogP) is 4.41. The van der Waals surface area contributed by atoms with Crippen LogP contribution in [-0.4, -0.2) is 30.0 Å². The first-order valence-corrected chi connectivity index (χ1v) is 9.98. The second kappa shape index (κ2) is 9.77. The summed E-state index contributed by atoms with van der Waals surface area (Å²) in [5.41, 5.74) is 2.41. The van der Waals surface area contributed by atoms with Gasteiger partial charge < -0.3 is 10.1 Å². The summed E-state index contributed by atoms with van der Waals surface area (Å²) in [5.74, 6) is 0.492. The van der Waals surface area contributed by atoms with Crippen LogP contribution < -0.4 is 10.1 Å². The number of nitrogens with one attached hydrogen (secondary N) is 1. The number of carbonyl (C=O) groups excluding carboxylic acids is 1. The number of hydrogen-bond acceptors (Lipinski definition) is 3. The zero-order valence-corrected chi connectivity index (χ0v) is 16.5. The third-order valence-electron chi connectivity index (χ3n) is 4.84. The Morgan fingerprint density at radius 2 is 1.67 bits per heavy atom. The normalized spacial score (nSPS) is 15.9. The molecule has 1 aliphatic rings. The van der Waals surface area contributed by atoms with E-state index in [1.165, 1.54) is 37.9 Å². The molecule has 1 aliphatic heterocycles. The summed E-state index contributed by atoms with van der Waals surface area (Å²) < 4.78 is 5.65. The van der Waals surface area contributed by atoms with Crippen LogP contribution in [-0.2, 0) is 17.9 Å². The van der Waals surface area contributed by atoms with Gasteiger partial charge in [-0.2, -0.15) is 0 Å². The van der Waals surface area contributed by atoms with Crippen molar-refractivity contribution < 1.29 is 9.53 Å². The first-order valence-electron chi connectivity index (χ1n) is 9.60. The Bertz CT molecular complexity index is 725. The molecule has 0 aromatic heterocycles. The number of halogens is 1. The van der Waals surface area contributed by atoms with E-state index < -0.39 is 6.10 Å². The van der Waals surface area contributed by atoms with Crippen molar-refractivity contribution in [1.29, 1.82) is 0 Å². The Hall–Kier alpha value is -2.04. The van der Waals surface area contributed by atoms with Gasteiger partial charge in [0, 0.05) is 18.1 Å². The van der Waals surface area contributed by atoms with Gasteiger partial charge in [0.05, 0.1) is 0 Å². The standard InChI is InChI=1S/C22H27ClN2O2/c1-17(27-21-11-9-20(23)10-12-21)22(26)24-15-18-5-7-19(8-6-18)16-25-13-3-2-4-14-25/h5-12,17H,2-4,13-16H2,1H3,(H,24,26)/t17-/m0/s1. The van der Waals surface area contributed by atoms with E-state index in [2.05, 4.69) is 34.5 Å². The van der Waals surface area contributed by atoms with Gasteiger partial charge in [0.25, 0.3) is 5.91 Å². The van der Waals surface area contributed by atoms with E-state index in [1.54, 1.807) is 31.2 Å². The Morgan fingerprint density at radius 1 is 1.04 bits per heavy atom. The Kier molecular flexibility index (Phi) is 7.13. The topological polar surface area (TPSA) is 41.6 Å². The second-order valence-corrected chi connectivity index (χ2v) is 7.52. The molecule has 0 unspecified atom stereocenters. The van der Waals surface area contributed by atoms with Crippen molar-refractivity contribution in [2.75, 3.05) is 13.1 Å². The molecule has 0 aliphatic carbocycles. The van der Waals surface area contributed by atoms with E-state index in [0.29, 0.717) is 17.3 Å². The SMILES string of the molecule is C[C@H](Oc1ccc(Cl)cc1)C(=O)NCc1ccc(CN2CCCCC2)cc1. The Balaban J connectivity index is 1.44. The molecule has 1 saturated heterocycles. The minimum atomic E-state index is -0.565. The molecule has 144 valence electrons. The molecule has 0 radical (unpaired) electrons.